The van der Waals surface area contributed by atoms with Crippen molar-refractivity contribution in [3.63, 3.8) is 0 Å². The molecule has 0 bridgehead atoms. The summed E-state index contributed by atoms with van der Waals surface area (Å²) in [5, 5.41) is 2.16. The van der Waals surface area contributed by atoms with Crippen molar-refractivity contribution in [2.75, 3.05) is 52.5 Å². The van der Waals surface area contributed by atoms with E-state index in [1.54, 1.807) is 4.90 Å². The standard InChI is InChI=1S/C17H25N3O2/c21-17(13-18-6-8-19-9-11-22-12-10-19)20-7-5-15-3-1-2-4-16(15)14-20/h1-4,18H,5-14H2/p+2. The van der Waals surface area contributed by atoms with E-state index in [2.05, 4.69) is 29.6 Å². The van der Waals surface area contributed by atoms with Gasteiger partial charge in [-0.25, -0.2) is 0 Å². The Morgan fingerprint density at radius 3 is 2.82 bits per heavy atom. The molecule has 0 unspecified atom stereocenters. The van der Waals surface area contributed by atoms with Gasteiger partial charge in [0.15, 0.2) is 6.54 Å². The molecule has 0 atom stereocenters. The molecule has 0 saturated carbocycles. The summed E-state index contributed by atoms with van der Waals surface area (Å²) in [5.41, 5.74) is 2.70. The largest absolute Gasteiger partial charge is 0.370 e. The fourth-order valence-electron chi connectivity index (χ4n) is 3.28. The Balaban J connectivity index is 1.37. The predicted molar refractivity (Wildman–Crippen MR) is 83.6 cm³/mol. The second kappa shape index (κ2) is 7.72. The number of rotatable bonds is 5. The van der Waals surface area contributed by atoms with E-state index in [0.717, 1.165) is 58.9 Å². The quantitative estimate of drug-likeness (QED) is 0.621. The molecule has 1 fully saturated rings. The maximum absolute atomic E-state index is 12.3. The number of benzene rings is 1. The molecule has 3 N–H and O–H groups in total. The van der Waals surface area contributed by atoms with Gasteiger partial charge in [0, 0.05) is 13.1 Å². The molecular formula is C17H27N3O2+2. The van der Waals surface area contributed by atoms with Crippen LogP contribution in [0.5, 0.6) is 0 Å². The SMILES string of the molecule is O=C(C[NH2+]CC[NH+]1CCOCC1)N1CCc2ccccc2C1. The van der Waals surface area contributed by atoms with Crippen molar-refractivity contribution < 1.29 is 19.7 Å². The van der Waals surface area contributed by atoms with E-state index >= 15 is 0 Å². The Labute approximate surface area is 132 Å². The van der Waals surface area contributed by atoms with Crippen molar-refractivity contribution in [1.82, 2.24) is 4.90 Å². The van der Waals surface area contributed by atoms with E-state index in [1.807, 2.05) is 4.90 Å². The fourth-order valence-corrected chi connectivity index (χ4v) is 3.28. The maximum atomic E-state index is 12.3. The normalized spacial score (nSPS) is 19.0. The third-order valence-corrected chi connectivity index (χ3v) is 4.70. The molecule has 3 rings (SSSR count). The minimum absolute atomic E-state index is 0.270. The van der Waals surface area contributed by atoms with Crippen molar-refractivity contribution in [2.45, 2.75) is 13.0 Å². The van der Waals surface area contributed by atoms with E-state index in [9.17, 15) is 4.79 Å². The first kappa shape index (κ1) is 15.5. The first-order valence-electron chi connectivity index (χ1n) is 8.40. The molecule has 2 heterocycles. The van der Waals surface area contributed by atoms with Crippen molar-refractivity contribution in [3.8, 4) is 0 Å². The molecule has 2 aliphatic rings. The fraction of sp³-hybridized carbons (Fsp3) is 0.588. The smallest absolute Gasteiger partial charge is 0.277 e. The number of ether oxygens (including phenoxy) is 1. The molecule has 1 aromatic carbocycles. The highest BCUT2D eigenvalue weighted by atomic mass is 16.5. The first-order valence-corrected chi connectivity index (χ1v) is 8.40. The van der Waals surface area contributed by atoms with Crippen LogP contribution < -0.4 is 10.2 Å². The minimum atomic E-state index is 0.270. The van der Waals surface area contributed by atoms with Gasteiger partial charge in [-0.05, 0) is 17.5 Å². The Hall–Kier alpha value is -1.43. The Kier molecular flexibility index (Phi) is 5.43. The molecule has 5 heteroatoms. The average Bonchev–Trinajstić information content (AvgIpc) is 2.59. The molecule has 1 saturated heterocycles. The van der Waals surface area contributed by atoms with Gasteiger partial charge in [0.25, 0.3) is 5.91 Å². The van der Waals surface area contributed by atoms with E-state index in [4.69, 9.17) is 4.74 Å². The number of hydrogen-bond donors (Lipinski definition) is 2. The first-order chi connectivity index (χ1) is 10.8. The topological polar surface area (TPSA) is 50.6 Å². The number of morpholine rings is 1. The van der Waals surface area contributed by atoms with Crippen molar-refractivity contribution in [3.05, 3.63) is 35.4 Å². The highest BCUT2D eigenvalue weighted by Crippen LogP contribution is 2.17. The molecule has 5 nitrogen and oxygen atoms in total. The van der Waals surface area contributed by atoms with Gasteiger partial charge in [-0.2, -0.15) is 0 Å². The van der Waals surface area contributed by atoms with Crippen LogP contribution in [0.1, 0.15) is 11.1 Å². The van der Waals surface area contributed by atoms with Crippen molar-refractivity contribution in [1.29, 1.82) is 0 Å². The number of amides is 1. The van der Waals surface area contributed by atoms with Crippen LogP contribution in [0.25, 0.3) is 0 Å². The van der Waals surface area contributed by atoms with Gasteiger partial charge in [0.1, 0.15) is 26.2 Å². The average molecular weight is 305 g/mol. The molecule has 1 amide bonds. The summed E-state index contributed by atoms with van der Waals surface area (Å²) < 4.78 is 5.36. The zero-order valence-electron chi connectivity index (χ0n) is 13.2. The van der Waals surface area contributed by atoms with E-state index in [1.165, 1.54) is 11.1 Å². The van der Waals surface area contributed by atoms with Crippen molar-refractivity contribution in [2.24, 2.45) is 0 Å². The van der Waals surface area contributed by atoms with Crippen molar-refractivity contribution >= 4 is 5.91 Å². The van der Waals surface area contributed by atoms with E-state index in [-0.39, 0.29) is 5.91 Å². The van der Waals surface area contributed by atoms with Crippen LogP contribution in [0.15, 0.2) is 24.3 Å². The molecule has 120 valence electrons. The molecule has 0 radical (unpaired) electrons. The monoisotopic (exact) mass is 305 g/mol. The Morgan fingerprint density at radius 1 is 1.23 bits per heavy atom. The van der Waals surface area contributed by atoms with E-state index < -0.39 is 0 Å². The lowest BCUT2D eigenvalue weighted by molar-refractivity contribution is -0.919. The van der Waals surface area contributed by atoms with Gasteiger partial charge in [-0.3, -0.25) is 4.79 Å². The summed E-state index contributed by atoms with van der Waals surface area (Å²) in [6, 6.07) is 8.46. The third-order valence-electron chi connectivity index (χ3n) is 4.70. The van der Waals surface area contributed by atoms with Crippen LogP contribution >= 0.6 is 0 Å². The highest BCUT2D eigenvalue weighted by molar-refractivity contribution is 5.77. The Morgan fingerprint density at radius 2 is 2.00 bits per heavy atom. The van der Waals surface area contributed by atoms with Crippen LogP contribution in [0.4, 0.5) is 0 Å². The lowest BCUT2D eigenvalue weighted by atomic mass is 10.00. The van der Waals surface area contributed by atoms with Gasteiger partial charge < -0.3 is 19.9 Å². The molecule has 2 aliphatic heterocycles. The number of hydrogen-bond acceptors (Lipinski definition) is 2. The lowest BCUT2D eigenvalue weighted by Crippen LogP contribution is -3.16. The maximum Gasteiger partial charge on any atom is 0.277 e. The number of quaternary nitrogens is 2. The summed E-state index contributed by atoms with van der Waals surface area (Å²) in [6.07, 6.45) is 0.986. The molecule has 0 spiro atoms. The summed E-state index contributed by atoms with van der Waals surface area (Å²) in [5.74, 6) is 0.270. The number of fused-ring (bicyclic) bond motifs is 1. The lowest BCUT2D eigenvalue weighted by Gasteiger charge is -2.28. The van der Waals surface area contributed by atoms with Crippen LogP contribution in [-0.2, 0) is 22.5 Å². The van der Waals surface area contributed by atoms with Gasteiger partial charge in [-0.1, -0.05) is 24.3 Å². The molecular weight excluding hydrogens is 278 g/mol. The molecule has 1 aromatic rings. The number of carbonyl (C=O) groups excluding carboxylic acids is 1. The van der Waals surface area contributed by atoms with Gasteiger partial charge >= 0.3 is 0 Å². The second-order valence-corrected chi connectivity index (χ2v) is 6.23. The van der Waals surface area contributed by atoms with Crippen LogP contribution in [0.2, 0.25) is 0 Å². The number of nitrogens with zero attached hydrogens (tertiary/aromatic N) is 1. The predicted octanol–water partition coefficient (Wildman–Crippen LogP) is -1.95. The molecule has 22 heavy (non-hydrogen) atoms. The molecule has 0 aromatic heterocycles. The van der Waals surface area contributed by atoms with Gasteiger partial charge in [0.2, 0.25) is 0 Å². The second-order valence-electron chi connectivity index (χ2n) is 6.23. The zero-order chi connectivity index (χ0) is 15.2. The number of carbonyl (C=O) groups is 1. The minimum Gasteiger partial charge on any atom is -0.370 e. The number of nitrogens with one attached hydrogen (secondary N) is 1. The summed E-state index contributed by atoms with van der Waals surface area (Å²) in [6.45, 7) is 8.31. The Bertz CT molecular complexity index is 500. The van der Waals surface area contributed by atoms with Gasteiger partial charge in [-0.15, -0.1) is 0 Å². The molecule has 0 aliphatic carbocycles. The summed E-state index contributed by atoms with van der Waals surface area (Å²) >= 11 is 0. The van der Waals surface area contributed by atoms with Crippen LogP contribution in [-0.4, -0.2) is 63.3 Å². The highest BCUT2D eigenvalue weighted by Gasteiger charge is 2.21. The number of nitrogens with two attached hydrogens (primary N) is 1. The van der Waals surface area contributed by atoms with E-state index in [0.29, 0.717) is 6.54 Å². The summed E-state index contributed by atoms with van der Waals surface area (Å²) in [7, 11) is 0. The van der Waals surface area contributed by atoms with Gasteiger partial charge in [0.05, 0.1) is 13.2 Å². The van der Waals surface area contributed by atoms with Crippen LogP contribution in [0, 0.1) is 0 Å². The summed E-state index contributed by atoms with van der Waals surface area (Å²) in [4.78, 5) is 15.9. The van der Waals surface area contributed by atoms with Crippen LogP contribution in [0.3, 0.4) is 0 Å². The third kappa shape index (κ3) is 4.06. The zero-order valence-corrected chi connectivity index (χ0v) is 13.2.